The van der Waals surface area contributed by atoms with Crippen LogP contribution in [0.2, 0.25) is 13.1 Å². The van der Waals surface area contributed by atoms with E-state index in [4.69, 9.17) is 0 Å². The number of carboxylic acids is 1. The molecule has 2 aromatic rings. The summed E-state index contributed by atoms with van der Waals surface area (Å²) in [7, 11) is -2.45. The highest BCUT2D eigenvalue weighted by atomic mass is 32.2. The fraction of sp³-hybridized carbons (Fsp3) is 0.382. The van der Waals surface area contributed by atoms with Crippen molar-refractivity contribution in [3.05, 3.63) is 81.3 Å². The van der Waals surface area contributed by atoms with Crippen LogP contribution in [0.15, 0.2) is 52.1 Å². The van der Waals surface area contributed by atoms with Crippen molar-refractivity contribution in [2.45, 2.75) is 51.6 Å². The van der Waals surface area contributed by atoms with Crippen LogP contribution in [0.1, 0.15) is 55.1 Å². The van der Waals surface area contributed by atoms with Gasteiger partial charge in [-0.2, -0.15) is 0 Å². The second-order valence-corrected chi connectivity index (χ2v) is 18.7. The fourth-order valence-corrected chi connectivity index (χ4v) is 10.4. The molecule has 2 fully saturated rings. The molecule has 3 aliphatic heterocycles. The lowest BCUT2D eigenvalue weighted by atomic mass is 9.86. The van der Waals surface area contributed by atoms with Crippen LogP contribution in [0, 0.1) is 22.9 Å². The van der Waals surface area contributed by atoms with Gasteiger partial charge in [0.1, 0.15) is 38.3 Å². The van der Waals surface area contributed by atoms with Gasteiger partial charge in [0.05, 0.1) is 17.1 Å². The van der Waals surface area contributed by atoms with Gasteiger partial charge in [0, 0.05) is 41.9 Å². The topological polar surface area (TPSA) is 60.6 Å². The smallest absolute Gasteiger partial charge is 0.339 e. The number of fused-ring (bicyclic) bond motifs is 2. The lowest BCUT2D eigenvalue weighted by Gasteiger charge is -2.40. The van der Waals surface area contributed by atoms with E-state index in [2.05, 4.69) is 34.7 Å². The SMILES string of the molecule is CC(C)(C)C(=O)CSc1c(F)c(F)c(C(=O)O)c(C2=C3C=CC(=[N+]4CCC4)C=C3[Si](C)(C)c3cc(N4CCC4)ccc32)c1F. The van der Waals surface area contributed by atoms with Crippen molar-refractivity contribution >= 4 is 53.7 Å². The molecule has 1 N–H and O–H groups in total. The van der Waals surface area contributed by atoms with E-state index in [9.17, 15) is 14.7 Å². The Morgan fingerprint density at radius 3 is 2.30 bits per heavy atom. The van der Waals surface area contributed by atoms with Crippen molar-refractivity contribution < 1.29 is 32.4 Å². The summed E-state index contributed by atoms with van der Waals surface area (Å²) in [6.07, 6.45) is 8.13. The molecule has 44 heavy (non-hydrogen) atoms. The number of allylic oxidation sites excluding steroid dienone is 5. The molecule has 4 aliphatic rings. The third kappa shape index (κ3) is 4.90. The summed E-state index contributed by atoms with van der Waals surface area (Å²) in [5.74, 6) is -6.71. The molecule has 3 heterocycles. The number of hydrogen-bond acceptors (Lipinski definition) is 4. The van der Waals surface area contributed by atoms with Gasteiger partial charge >= 0.3 is 5.97 Å². The van der Waals surface area contributed by atoms with Gasteiger partial charge < -0.3 is 10.0 Å². The van der Waals surface area contributed by atoms with Gasteiger partial charge in [-0.3, -0.25) is 4.79 Å². The highest BCUT2D eigenvalue weighted by molar-refractivity contribution is 8.00. The van der Waals surface area contributed by atoms with Crippen LogP contribution in [-0.4, -0.2) is 67.2 Å². The summed E-state index contributed by atoms with van der Waals surface area (Å²) < 4.78 is 50.2. The van der Waals surface area contributed by atoms with Crippen LogP contribution in [0.25, 0.3) is 5.57 Å². The molecule has 0 saturated carbocycles. The van der Waals surface area contributed by atoms with E-state index < -0.39 is 52.9 Å². The van der Waals surface area contributed by atoms with Crippen molar-refractivity contribution in [1.82, 2.24) is 0 Å². The highest BCUT2D eigenvalue weighted by Gasteiger charge is 2.44. The van der Waals surface area contributed by atoms with Crippen LogP contribution in [0.4, 0.5) is 18.9 Å². The standard InChI is InChI=1S/C34H35F3N2O3SSi/c1-34(2,3)25(40)18-43-32-30(36)27(28(33(41)42)29(35)31(32)37)26-21-10-8-19(38-12-6-13-38)16-23(21)44(4,5)24-17-20(9-11-22(24)26)39-14-7-15-39/h8-11,16-17H,6-7,12-15,18H2,1-5H3/p+1. The Labute approximate surface area is 260 Å². The first kappa shape index (κ1) is 30.6. The average Bonchev–Trinajstić information content (AvgIpc) is 2.89. The largest absolute Gasteiger partial charge is 0.478 e. The van der Waals surface area contributed by atoms with Crippen molar-refractivity contribution in [2.24, 2.45) is 5.41 Å². The van der Waals surface area contributed by atoms with Crippen molar-refractivity contribution in [2.75, 3.05) is 36.8 Å². The average molecular weight is 638 g/mol. The van der Waals surface area contributed by atoms with E-state index in [0.29, 0.717) is 22.9 Å². The number of aromatic carboxylic acids is 1. The minimum absolute atomic E-state index is 0.241. The van der Waals surface area contributed by atoms with Gasteiger partial charge in [-0.1, -0.05) is 39.9 Å². The summed E-state index contributed by atoms with van der Waals surface area (Å²) in [4.78, 5) is 26.8. The van der Waals surface area contributed by atoms with E-state index >= 15 is 13.2 Å². The van der Waals surface area contributed by atoms with E-state index in [1.807, 2.05) is 24.3 Å². The minimum Gasteiger partial charge on any atom is -0.478 e. The highest BCUT2D eigenvalue weighted by Crippen LogP contribution is 2.46. The Bertz CT molecular complexity index is 1760. The third-order valence-corrected chi connectivity index (χ3v) is 13.8. The number of ketones is 1. The number of Topliss-reactive ketones (excluding diaryl/α,β-unsaturated/α-hetero) is 1. The Kier molecular flexibility index (Phi) is 7.60. The van der Waals surface area contributed by atoms with Crippen molar-refractivity contribution in [3.8, 4) is 0 Å². The molecule has 2 aromatic carbocycles. The molecule has 6 rings (SSSR count). The molecule has 5 nitrogen and oxygen atoms in total. The molecule has 0 bridgehead atoms. The van der Waals surface area contributed by atoms with E-state index in [1.54, 1.807) is 20.8 Å². The number of rotatable bonds is 6. The normalized spacial score (nSPS) is 18.8. The number of anilines is 1. The molecule has 0 aromatic heterocycles. The fourth-order valence-electron chi connectivity index (χ4n) is 6.19. The van der Waals surface area contributed by atoms with Crippen LogP contribution in [0.3, 0.4) is 0 Å². The summed E-state index contributed by atoms with van der Waals surface area (Å²) in [5, 5.41) is 12.2. The number of thioether (sulfide) groups is 1. The van der Waals surface area contributed by atoms with Gasteiger partial charge in [-0.15, -0.1) is 11.8 Å². The Morgan fingerprint density at radius 1 is 1.02 bits per heavy atom. The van der Waals surface area contributed by atoms with E-state index in [1.165, 1.54) is 0 Å². The van der Waals surface area contributed by atoms with Crippen molar-refractivity contribution in [1.29, 1.82) is 0 Å². The number of carboxylic acid groups (broad SMARTS) is 1. The molecule has 0 unspecified atom stereocenters. The zero-order valence-corrected chi connectivity index (χ0v) is 27.4. The lowest BCUT2D eigenvalue weighted by Crippen LogP contribution is -2.50. The maximum absolute atomic E-state index is 16.8. The molecular weight excluding hydrogens is 602 g/mol. The molecule has 0 spiro atoms. The molecule has 1 aliphatic carbocycles. The monoisotopic (exact) mass is 637 g/mol. The zero-order chi connectivity index (χ0) is 31.7. The molecule has 2 saturated heterocycles. The van der Waals surface area contributed by atoms with Gasteiger partial charge in [0.25, 0.3) is 0 Å². The number of carbonyl (C=O) groups is 2. The maximum Gasteiger partial charge on any atom is 0.339 e. The Hall–Kier alpha value is -3.37. The third-order valence-electron chi connectivity index (χ3n) is 9.26. The van der Waals surface area contributed by atoms with Crippen LogP contribution in [-0.2, 0) is 4.79 Å². The van der Waals surface area contributed by atoms with Gasteiger partial charge in [-0.25, -0.2) is 22.5 Å². The molecule has 0 radical (unpaired) electrons. The summed E-state index contributed by atoms with van der Waals surface area (Å²) in [6, 6.07) is 5.94. The second-order valence-electron chi connectivity index (χ2n) is 13.4. The summed E-state index contributed by atoms with van der Waals surface area (Å²) >= 11 is 0.567. The van der Waals surface area contributed by atoms with Gasteiger partial charge in [0.15, 0.2) is 17.3 Å². The predicted molar refractivity (Wildman–Crippen MR) is 172 cm³/mol. The number of halogens is 3. The molecule has 0 amide bonds. The minimum atomic E-state index is -2.45. The summed E-state index contributed by atoms with van der Waals surface area (Å²) in [5.41, 5.74) is 1.29. The first-order valence-electron chi connectivity index (χ1n) is 15.0. The molecular formula is C34H36F3N2O3SSi+. The van der Waals surface area contributed by atoms with Crippen LogP contribution >= 0.6 is 11.8 Å². The van der Waals surface area contributed by atoms with E-state index in [0.717, 1.165) is 60.8 Å². The van der Waals surface area contributed by atoms with Crippen LogP contribution in [0.5, 0.6) is 0 Å². The first-order valence-corrected chi connectivity index (χ1v) is 19.0. The van der Waals surface area contributed by atoms with Crippen molar-refractivity contribution in [3.63, 3.8) is 0 Å². The predicted octanol–water partition coefficient (Wildman–Crippen LogP) is 6.34. The summed E-state index contributed by atoms with van der Waals surface area (Å²) in [6.45, 7) is 13.3. The lowest BCUT2D eigenvalue weighted by molar-refractivity contribution is -0.582. The van der Waals surface area contributed by atoms with Gasteiger partial charge in [-0.05, 0) is 51.7 Å². The number of hydrogen-bond donors (Lipinski definition) is 1. The van der Waals surface area contributed by atoms with E-state index in [-0.39, 0.29) is 17.1 Å². The Morgan fingerprint density at radius 2 is 1.73 bits per heavy atom. The maximum atomic E-state index is 16.8. The quantitative estimate of drug-likeness (QED) is 0.173. The second kappa shape index (κ2) is 10.9. The molecule has 0 atom stereocenters. The first-order chi connectivity index (χ1) is 20.7. The molecule has 230 valence electrons. The molecule has 10 heteroatoms. The zero-order valence-electron chi connectivity index (χ0n) is 25.6. The number of nitrogens with zero attached hydrogens (tertiary/aromatic N) is 2. The van der Waals surface area contributed by atoms with Crippen LogP contribution < -0.4 is 10.1 Å². The van der Waals surface area contributed by atoms with Gasteiger partial charge in [0.2, 0.25) is 0 Å². The number of carbonyl (C=O) groups excluding carboxylic acids is 1. The number of benzene rings is 2. The Balaban J connectivity index is 1.64.